The van der Waals surface area contributed by atoms with Crippen molar-refractivity contribution in [3.05, 3.63) is 58.9 Å². The minimum absolute atomic E-state index is 0.149. The predicted molar refractivity (Wildman–Crippen MR) is 89.9 cm³/mol. The van der Waals surface area contributed by atoms with Gasteiger partial charge < -0.3 is 4.18 Å². The fourth-order valence-electron chi connectivity index (χ4n) is 2.87. The number of piperidine rings is 1. The van der Waals surface area contributed by atoms with Crippen molar-refractivity contribution in [2.24, 2.45) is 0 Å². The summed E-state index contributed by atoms with van der Waals surface area (Å²) in [4.78, 5) is 1.15. The van der Waals surface area contributed by atoms with Crippen LogP contribution in [-0.4, -0.2) is 32.3 Å². The Labute approximate surface area is 167 Å². The Morgan fingerprint density at radius 2 is 1.30 bits per heavy atom. The average Bonchev–Trinajstić information content (AvgIpc) is 2.70. The average molecular weight is 457 g/mol. The van der Waals surface area contributed by atoms with E-state index in [2.05, 4.69) is 4.18 Å². The molecule has 12 heteroatoms. The fraction of sp³-hybridized carbons (Fsp3) is 0.333. The van der Waals surface area contributed by atoms with E-state index in [-0.39, 0.29) is 32.5 Å². The molecule has 0 spiro atoms. The second-order valence-corrected chi connectivity index (χ2v) is 8.26. The van der Waals surface area contributed by atoms with Crippen LogP contribution in [-0.2, 0) is 16.7 Å². The Bertz CT molecular complexity index is 1020. The predicted octanol–water partition coefficient (Wildman–Crippen LogP) is 4.38. The van der Waals surface area contributed by atoms with Crippen LogP contribution in [0.2, 0.25) is 0 Å². The van der Waals surface area contributed by atoms with Gasteiger partial charge in [-0.05, 0) is 17.7 Å². The molecule has 2 aromatic carbocycles. The van der Waals surface area contributed by atoms with Gasteiger partial charge in [0.2, 0.25) is 34.8 Å². The molecule has 164 valence electrons. The lowest BCUT2D eigenvalue weighted by Crippen LogP contribution is -2.38. The molecule has 1 aliphatic heterocycles. The molecule has 1 heterocycles. The molecule has 0 atom stereocenters. The molecular formula is C18H14F7NO3S. The van der Waals surface area contributed by atoms with Crippen LogP contribution in [0.1, 0.15) is 18.4 Å². The molecule has 0 unspecified atom stereocenters. The van der Waals surface area contributed by atoms with Gasteiger partial charge in [0.15, 0.2) is 0 Å². The number of likely N-dealkylation sites (tertiary alicyclic amines) is 1. The monoisotopic (exact) mass is 457 g/mol. The van der Waals surface area contributed by atoms with E-state index in [0.29, 0.717) is 5.56 Å². The Kier molecular flexibility index (Phi) is 6.01. The minimum atomic E-state index is -4.92. The first-order chi connectivity index (χ1) is 13.9. The maximum absolute atomic E-state index is 13.7. The molecule has 1 saturated heterocycles. The molecular weight excluding hydrogens is 443 g/mol. The SMILES string of the molecule is O=S(=O)(Oc1c(F)c(F)c(F)c(F)c1F)c1ccc(CN2CCC(F)(F)CC2)cc1. The fourth-order valence-corrected chi connectivity index (χ4v) is 3.81. The summed E-state index contributed by atoms with van der Waals surface area (Å²) in [6.07, 6.45) is -0.593. The van der Waals surface area contributed by atoms with E-state index >= 15 is 0 Å². The number of hydrogen-bond acceptors (Lipinski definition) is 4. The summed E-state index contributed by atoms with van der Waals surface area (Å²) in [6.45, 7) is 0.557. The Hall–Kier alpha value is -2.34. The van der Waals surface area contributed by atoms with E-state index in [1.54, 1.807) is 4.90 Å². The number of alkyl halides is 2. The maximum Gasteiger partial charge on any atom is 0.339 e. The van der Waals surface area contributed by atoms with Gasteiger partial charge >= 0.3 is 10.1 Å². The summed E-state index contributed by atoms with van der Waals surface area (Å²) in [5.74, 6) is -16.6. The van der Waals surface area contributed by atoms with Crippen LogP contribution in [0, 0.1) is 29.1 Å². The highest BCUT2D eigenvalue weighted by Crippen LogP contribution is 2.32. The third-order valence-electron chi connectivity index (χ3n) is 4.57. The van der Waals surface area contributed by atoms with Crippen LogP contribution >= 0.6 is 0 Å². The third kappa shape index (κ3) is 4.53. The van der Waals surface area contributed by atoms with Gasteiger partial charge in [0, 0.05) is 32.5 Å². The standard InChI is InChI=1S/C18H14F7NO3S/c19-12-13(20)15(22)17(16(23)14(12)21)29-30(27,28)11-3-1-10(2-4-11)9-26-7-5-18(24,25)6-8-26/h1-4H,5-9H2. The highest BCUT2D eigenvalue weighted by molar-refractivity contribution is 7.87. The van der Waals surface area contributed by atoms with Crippen LogP contribution in [0.25, 0.3) is 0 Å². The van der Waals surface area contributed by atoms with Crippen molar-refractivity contribution in [3.63, 3.8) is 0 Å². The molecule has 0 bridgehead atoms. The second-order valence-electron chi connectivity index (χ2n) is 6.71. The van der Waals surface area contributed by atoms with Gasteiger partial charge in [-0.3, -0.25) is 4.90 Å². The van der Waals surface area contributed by atoms with Crippen LogP contribution in [0.4, 0.5) is 30.7 Å². The summed E-state index contributed by atoms with van der Waals surface area (Å²) < 4.78 is 122. The number of nitrogens with zero attached hydrogens (tertiary/aromatic N) is 1. The minimum Gasteiger partial charge on any atom is -0.372 e. The van der Waals surface area contributed by atoms with E-state index < -0.39 is 55.8 Å². The third-order valence-corrected chi connectivity index (χ3v) is 5.80. The normalized spacial score (nSPS) is 17.2. The van der Waals surface area contributed by atoms with Crippen molar-refractivity contribution < 1.29 is 43.3 Å². The number of rotatable bonds is 5. The lowest BCUT2D eigenvalue weighted by atomic mass is 10.1. The van der Waals surface area contributed by atoms with Gasteiger partial charge in [-0.15, -0.1) is 0 Å². The van der Waals surface area contributed by atoms with E-state index in [1.165, 1.54) is 12.1 Å². The van der Waals surface area contributed by atoms with Crippen LogP contribution < -0.4 is 4.18 Å². The summed E-state index contributed by atoms with van der Waals surface area (Å²) in [5.41, 5.74) is 0.565. The van der Waals surface area contributed by atoms with Crippen LogP contribution in [0.5, 0.6) is 5.75 Å². The lowest BCUT2D eigenvalue weighted by Gasteiger charge is -2.31. The first-order valence-electron chi connectivity index (χ1n) is 8.56. The number of benzene rings is 2. The highest BCUT2D eigenvalue weighted by atomic mass is 32.2. The molecule has 2 aromatic rings. The van der Waals surface area contributed by atoms with Crippen molar-refractivity contribution in [1.29, 1.82) is 0 Å². The zero-order valence-electron chi connectivity index (χ0n) is 15.1. The maximum atomic E-state index is 13.7. The van der Waals surface area contributed by atoms with Gasteiger partial charge in [0.05, 0.1) is 0 Å². The van der Waals surface area contributed by atoms with Gasteiger partial charge in [0.1, 0.15) is 4.90 Å². The zero-order chi connectivity index (χ0) is 22.3. The summed E-state index contributed by atoms with van der Waals surface area (Å²) in [5, 5.41) is 0. The second kappa shape index (κ2) is 8.06. The summed E-state index contributed by atoms with van der Waals surface area (Å²) in [6, 6.07) is 4.66. The smallest absolute Gasteiger partial charge is 0.339 e. The Morgan fingerprint density at radius 1 is 0.833 bits per heavy atom. The van der Waals surface area contributed by atoms with Crippen LogP contribution in [0.3, 0.4) is 0 Å². The largest absolute Gasteiger partial charge is 0.372 e. The highest BCUT2D eigenvalue weighted by Gasteiger charge is 2.34. The van der Waals surface area contributed by atoms with E-state index in [4.69, 9.17) is 0 Å². The molecule has 0 aliphatic carbocycles. The van der Waals surface area contributed by atoms with Gasteiger partial charge in [0.25, 0.3) is 5.92 Å². The lowest BCUT2D eigenvalue weighted by molar-refractivity contribution is -0.0566. The zero-order valence-corrected chi connectivity index (χ0v) is 15.9. The van der Waals surface area contributed by atoms with Crippen molar-refractivity contribution >= 4 is 10.1 Å². The summed E-state index contributed by atoms with van der Waals surface area (Å²) >= 11 is 0. The number of hydrogen-bond donors (Lipinski definition) is 0. The first kappa shape index (κ1) is 22.3. The van der Waals surface area contributed by atoms with Crippen molar-refractivity contribution in [3.8, 4) is 5.75 Å². The van der Waals surface area contributed by atoms with Gasteiger partial charge in [-0.25, -0.2) is 22.0 Å². The molecule has 0 amide bonds. The molecule has 3 rings (SSSR count). The van der Waals surface area contributed by atoms with E-state index in [1.807, 2.05) is 0 Å². The van der Waals surface area contributed by atoms with E-state index in [9.17, 15) is 39.2 Å². The first-order valence-corrected chi connectivity index (χ1v) is 9.97. The molecule has 30 heavy (non-hydrogen) atoms. The van der Waals surface area contributed by atoms with Crippen molar-refractivity contribution in [2.45, 2.75) is 30.2 Å². The van der Waals surface area contributed by atoms with Gasteiger partial charge in [-0.2, -0.15) is 17.2 Å². The van der Waals surface area contributed by atoms with E-state index in [0.717, 1.165) is 12.1 Å². The van der Waals surface area contributed by atoms with Crippen molar-refractivity contribution in [1.82, 2.24) is 4.90 Å². The number of halogens is 7. The molecule has 1 aliphatic rings. The van der Waals surface area contributed by atoms with Crippen molar-refractivity contribution in [2.75, 3.05) is 13.1 Å². The van der Waals surface area contributed by atoms with Gasteiger partial charge in [-0.1, -0.05) is 12.1 Å². The molecule has 1 fully saturated rings. The molecule has 0 aromatic heterocycles. The molecule has 0 N–H and O–H groups in total. The topological polar surface area (TPSA) is 46.6 Å². The summed E-state index contributed by atoms with van der Waals surface area (Å²) in [7, 11) is -4.92. The molecule has 0 saturated carbocycles. The molecule has 4 nitrogen and oxygen atoms in total. The quantitative estimate of drug-likeness (QED) is 0.289. The Balaban J connectivity index is 1.77. The molecule has 0 radical (unpaired) electrons. The van der Waals surface area contributed by atoms with Crippen LogP contribution in [0.15, 0.2) is 29.2 Å². The Morgan fingerprint density at radius 3 is 1.80 bits per heavy atom.